The standard InChI is InChI=1S/C9H14F3N/c1-5-8(9(10,11)12)13-7(4)6(2)3/h5-6H,1-4H3/b8-5-,13-7+. The van der Waals surface area contributed by atoms with E-state index in [1.807, 2.05) is 13.8 Å². The Kier molecular flexibility index (Phi) is 4.17. The first kappa shape index (κ1) is 12.2. The number of alkyl halides is 3. The van der Waals surface area contributed by atoms with Crippen LogP contribution in [0.5, 0.6) is 0 Å². The fraction of sp³-hybridized carbons (Fsp3) is 0.667. The Morgan fingerprint density at radius 2 is 1.77 bits per heavy atom. The number of aliphatic imine (C=N–C) groups is 1. The van der Waals surface area contributed by atoms with Gasteiger partial charge in [0.15, 0.2) is 0 Å². The molecule has 0 aliphatic rings. The van der Waals surface area contributed by atoms with E-state index in [0.29, 0.717) is 5.71 Å². The van der Waals surface area contributed by atoms with Crippen LogP contribution in [-0.4, -0.2) is 11.9 Å². The molecule has 0 radical (unpaired) electrons. The number of hydrogen-bond donors (Lipinski definition) is 0. The predicted molar refractivity (Wildman–Crippen MR) is 47.8 cm³/mol. The zero-order valence-electron chi connectivity index (χ0n) is 8.24. The van der Waals surface area contributed by atoms with Crippen LogP contribution in [0, 0.1) is 5.92 Å². The molecule has 0 saturated heterocycles. The predicted octanol–water partition coefficient (Wildman–Crippen LogP) is 3.57. The Morgan fingerprint density at radius 3 is 2.00 bits per heavy atom. The number of allylic oxidation sites excluding steroid dienone is 2. The highest BCUT2D eigenvalue weighted by Crippen LogP contribution is 2.26. The molecule has 13 heavy (non-hydrogen) atoms. The summed E-state index contributed by atoms with van der Waals surface area (Å²) in [4.78, 5) is 3.52. The first-order valence-electron chi connectivity index (χ1n) is 4.07. The molecular weight excluding hydrogens is 179 g/mol. The van der Waals surface area contributed by atoms with Gasteiger partial charge in [-0.2, -0.15) is 13.2 Å². The summed E-state index contributed by atoms with van der Waals surface area (Å²) < 4.78 is 36.5. The summed E-state index contributed by atoms with van der Waals surface area (Å²) >= 11 is 0. The SMILES string of the molecule is C/C=C(\N=C(/C)C(C)C)C(F)(F)F. The van der Waals surface area contributed by atoms with E-state index in [2.05, 4.69) is 4.99 Å². The van der Waals surface area contributed by atoms with Crippen LogP contribution in [0.15, 0.2) is 16.8 Å². The zero-order valence-corrected chi connectivity index (χ0v) is 8.24. The topological polar surface area (TPSA) is 12.4 Å². The van der Waals surface area contributed by atoms with Gasteiger partial charge in [-0.1, -0.05) is 19.9 Å². The van der Waals surface area contributed by atoms with E-state index in [-0.39, 0.29) is 5.92 Å². The van der Waals surface area contributed by atoms with Crippen LogP contribution in [-0.2, 0) is 0 Å². The molecule has 0 aliphatic carbocycles. The van der Waals surface area contributed by atoms with Crippen molar-refractivity contribution in [3.05, 3.63) is 11.8 Å². The molecule has 0 rings (SSSR count). The summed E-state index contributed by atoms with van der Waals surface area (Å²) in [7, 11) is 0. The maximum absolute atomic E-state index is 12.2. The van der Waals surface area contributed by atoms with Crippen molar-refractivity contribution in [2.24, 2.45) is 10.9 Å². The monoisotopic (exact) mass is 193 g/mol. The molecule has 0 heterocycles. The summed E-state index contributed by atoms with van der Waals surface area (Å²) in [6.07, 6.45) is -3.36. The van der Waals surface area contributed by atoms with Crippen LogP contribution in [0.3, 0.4) is 0 Å². The Hall–Kier alpha value is -0.800. The highest BCUT2D eigenvalue weighted by atomic mass is 19.4. The van der Waals surface area contributed by atoms with Crippen molar-refractivity contribution in [1.29, 1.82) is 0 Å². The van der Waals surface area contributed by atoms with Crippen molar-refractivity contribution in [3.63, 3.8) is 0 Å². The van der Waals surface area contributed by atoms with E-state index >= 15 is 0 Å². The smallest absolute Gasteiger partial charge is 0.253 e. The van der Waals surface area contributed by atoms with Crippen molar-refractivity contribution in [2.75, 3.05) is 0 Å². The maximum atomic E-state index is 12.2. The van der Waals surface area contributed by atoms with Gasteiger partial charge >= 0.3 is 6.18 Å². The van der Waals surface area contributed by atoms with E-state index in [0.717, 1.165) is 6.08 Å². The lowest BCUT2D eigenvalue weighted by Crippen LogP contribution is -2.13. The van der Waals surface area contributed by atoms with Gasteiger partial charge in [0.1, 0.15) is 5.70 Å². The number of rotatable bonds is 2. The zero-order chi connectivity index (χ0) is 10.6. The number of halogens is 3. The molecule has 0 saturated carbocycles. The van der Waals surface area contributed by atoms with Crippen molar-refractivity contribution in [3.8, 4) is 0 Å². The first-order valence-corrected chi connectivity index (χ1v) is 4.07. The Morgan fingerprint density at radius 1 is 1.31 bits per heavy atom. The molecule has 0 aromatic rings. The molecule has 0 aliphatic heterocycles. The minimum absolute atomic E-state index is 0.0392. The van der Waals surface area contributed by atoms with Crippen LogP contribution >= 0.6 is 0 Å². The fourth-order valence-electron chi connectivity index (χ4n) is 0.611. The Bertz CT molecular complexity index is 224. The molecule has 0 N–H and O–H groups in total. The summed E-state index contributed by atoms with van der Waals surface area (Å²) in [5.74, 6) is 0.0392. The second-order valence-corrected chi connectivity index (χ2v) is 3.08. The van der Waals surface area contributed by atoms with Gasteiger partial charge in [-0.05, 0) is 19.8 Å². The lowest BCUT2D eigenvalue weighted by Gasteiger charge is -2.09. The van der Waals surface area contributed by atoms with Crippen LogP contribution in [0.2, 0.25) is 0 Å². The average molecular weight is 193 g/mol. The van der Waals surface area contributed by atoms with E-state index in [1.165, 1.54) is 6.92 Å². The van der Waals surface area contributed by atoms with Gasteiger partial charge in [-0.25, -0.2) is 0 Å². The van der Waals surface area contributed by atoms with Crippen molar-refractivity contribution in [2.45, 2.75) is 33.9 Å². The van der Waals surface area contributed by atoms with Gasteiger partial charge in [-0.3, -0.25) is 4.99 Å². The second-order valence-electron chi connectivity index (χ2n) is 3.08. The summed E-state index contributed by atoms with van der Waals surface area (Å²) in [5, 5.41) is 0. The van der Waals surface area contributed by atoms with Gasteiger partial charge in [0.25, 0.3) is 0 Å². The highest BCUT2D eigenvalue weighted by Gasteiger charge is 2.33. The lowest BCUT2D eigenvalue weighted by atomic mass is 10.1. The molecule has 0 aromatic heterocycles. The average Bonchev–Trinajstić information content (AvgIpc) is 1.96. The molecule has 0 bridgehead atoms. The minimum atomic E-state index is -4.34. The fourth-order valence-corrected chi connectivity index (χ4v) is 0.611. The third-order valence-electron chi connectivity index (χ3n) is 1.70. The molecule has 0 unspecified atom stereocenters. The number of hydrogen-bond acceptors (Lipinski definition) is 1. The second kappa shape index (κ2) is 4.44. The van der Waals surface area contributed by atoms with Gasteiger partial charge in [0.2, 0.25) is 0 Å². The molecule has 76 valence electrons. The molecule has 0 fully saturated rings. The minimum Gasteiger partial charge on any atom is -0.253 e. The largest absolute Gasteiger partial charge is 0.432 e. The highest BCUT2D eigenvalue weighted by molar-refractivity contribution is 5.84. The molecular formula is C9H14F3N. The van der Waals surface area contributed by atoms with E-state index in [1.54, 1.807) is 6.92 Å². The maximum Gasteiger partial charge on any atom is 0.432 e. The lowest BCUT2D eigenvalue weighted by molar-refractivity contribution is -0.0924. The normalized spacial score (nSPS) is 15.4. The first-order chi connectivity index (χ1) is 5.79. The molecule has 0 amide bonds. The van der Waals surface area contributed by atoms with Crippen molar-refractivity contribution >= 4 is 5.71 Å². The molecule has 0 atom stereocenters. The third kappa shape index (κ3) is 4.10. The quantitative estimate of drug-likeness (QED) is 0.594. The van der Waals surface area contributed by atoms with E-state index < -0.39 is 11.9 Å². The molecule has 0 spiro atoms. The Labute approximate surface area is 76.4 Å². The number of nitrogens with zero attached hydrogens (tertiary/aromatic N) is 1. The van der Waals surface area contributed by atoms with Crippen LogP contribution in [0.1, 0.15) is 27.7 Å². The van der Waals surface area contributed by atoms with Gasteiger partial charge < -0.3 is 0 Å². The summed E-state index contributed by atoms with van der Waals surface area (Å²) in [6, 6.07) is 0. The van der Waals surface area contributed by atoms with Gasteiger partial charge in [0.05, 0.1) is 0 Å². The van der Waals surface area contributed by atoms with Crippen molar-refractivity contribution in [1.82, 2.24) is 0 Å². The van der Waals surface area contributed by atoms with Gasteiger partial charge in [-0.15, -0.1) is 0 Å². The molecule has 0 aromatic carbocycles. The van der Waals surface area contributed by atoms with Crippen LogP contribution < -0.4 is 0 Å². The van der Waals surface area contributed by atoms with E-state index in [4.69, 9.17) is 0 Å². The third-order valence-corrected chi connectivity index (χ3v) is 1.70. The van der Waals surface area contributed by atoms with Gasteiger partial charge in [0, 0.05) is 5.71 Å². The Balaban J connectivity index is 4.77. The molecule has 4 heteroatoms. The molecule has 1 nitrogen and oxygen atoms in total. The summed E-state index contributed by atoms with van der Waals surface area (Å²) in [6.45, 7) is 6.55. The van der Waals surface area contributed by atoms with Crippen LogP contribution in [0.4, 0.5) is 13.2 Å². The van der Waals surface area contributed by atoms with Crippen LogP contribution in [0.25, 0.3) is 0 Å². The summed E-state index contributed by atoms with van der Waals surface area (Å²) in [5.41, 5.74) is -0.330. The van der Waals surface area contributed by atoms with E-state index in [9.17, 15) is 13.2 Å². The van der Waals surface area contributed by atoms with Crippen molar-refractivity contribution < 1.29 is 13.2 Å².